The lowest BCUT2D eigenvalue weighted by molar-refractivity contribution is 0.214. The number of nitrogens with zero attached hydrogens (tertiary/aromatic N) is 1. The minimum atomic E-state index is -3.16. The van der Waals surface area contributed by atoms with E-state index in [4.69, 9.17) is 5.73 Å². The van der Waals surface area contributed by atoms with E-state index in [9.17, 15) is 8.42 Å². The highest BCUT2D eigenvalue weighted by Gasteiger charge is 2.35. The van der Waals surface area contributed by atoms with E-state index in [1.165, 1.54) is 0 Å². The van der Waals surface area contributed by atoms with E-state index in [0.717, 1.165) is 12.8 Å². The lowest BCUT2D eigenvalue weighted by atomic mass is 9.99. The molecule has 0 aromatic heterocycles. The highest BCUT2D eigenvalue weighted by Crippen LogP contribution is 2.22. The summed E-state index contributed by atoms with van der Waals surface area (Å²) in [5.41, 5.74) is 5.27. The minimum Gasteiger partial charge on any atom is -0.329 e. The molecule has 98 valence electrons. The third-order valence-electron chi connectivity index (χ3n) is 3.18. The van der Waals surface area contributed by atoms with Crippen molar-refractivity contribution in [1.29, 1.82) is 0 Å². The smallest absolute Gasteiger partial charge is 0.214 e. The SMILES string of the molecule is CCCCS(=O)(=O)N(CC)C(C)(CC)CN. The van der Waals surface area contributed by atoms with E-state index >= 15 is 0 Å². The van der Waals surface area contributed by atoms with Gasteiger partial charge in [0.15, 0.2) is 0 Å². The molecule has 0 saturated carbocycles. The van der Waals surface area contributed by atoms with Crippen LogP contribution in [0.15, 0.2) is 0 Å². The molecule has 0 saturated heterocycles. The second-order valence-electron chi connectivity index (χ2n) is 4.39. The van der Waals surface area contributed by atoms with Gasteiger partial charge in [-0.15, -0.1) is 0 Å². The molecular formula is C11H26N2O2S. The first-order valence-corrected chi connectivity index (χ1v) is 7.69. The van der Waals surface area contributed by atoms with Crippen molar-refractivity contribution in [1.82, 2.24) is 4.31 Å². The van der Waals surface area contributed by atoms with Crippen molar-refractivity contribution >= 4 is 10.0 Å². The summed E-state index contributed by atoms with van der Waals surface area (Å²) in [5.74, 6) is 0.229. The zero-order valence-electron chi connectivity index (χ0n) is 11.0. The zero-order valence-corrected chi connectivity index (χ0v) is 11.8. The standard InChI is InChI=1S/C11H26N2O2S/c1-5-8-9-16(14,15)13(7-3)11(4,6-2)10-12/h5-10,12H2,1-4H3. The molecule has 4 nitrogen and oxygen atoms in total. The molecule has 0 radical (unpaired) electrons. The van der Waals surface area contributed by atoms with Gasteiger partial charge in [-0.05, 0) is 19.8 Å². The quantitative estimate of drug-likeness (QED) is 0.711. The molecular weight excluding hydrogens is 224 g/mol. The zero-order chi connectivity index (χ0) is 12.8. The number of nitrogens with two attached hydrogens (primary N) is 1. The Morgan fingerprint density at radius 1 is 1.25 bits per heavy atom. The van der Waals surface area contributed by atoms with Crippen LogP contribution in [-0.2, 0) is 10.0 Å². The summed E-state index contributed by atoms with van der Waals surface area (Å²) in [6.07, 6.45) is 2.34. The predicted octanol–water partition coefficient (Wildman–Crippen LogP) is 1.57. The molecule has 0 aliphatic heterocycles. The fourth-order valence-corrected chi connectivity index (χ4v) is 3.92. The van der Waals surface area contributed by atoms with Gasteiger partial charge in [0.05, 0.1) is 5.75 Å². The monoisotopic (exact) mass is 250 g/mol. The molecule has 16 heavy (non-hydrogen) atoms. The maximum Gasteiger partial charge on any atom is 0.214 e. The van der Waals surface area contributed by atoms with Gasteiger partial charge in [-0.1, -0.05) is 27.2 Å². The Kier molecular flexibility index (Phi) is 6.51. The molecule has 0 aliphatic rings. The van der Waals surface area contributed by atoms with Crippen LogP contribution in [-0.4, -0.2) is 37.1 Å². The summed E-state index contributed by atoms with van der Waals surface area (Å²) in [6.45, 7) is 8.61. The van der Waals surface area contributed by atoms with Gasteiger partial charge >= 0.3 is 0 Å². The van der Waals surface area contributed by atoms with Crippen molar-refractivity contribution in [2.75, 3.05) is 18.8 Å². The second kappa shape index (κ2) is 6.57. The number of unbranched alkanes of at least 4 members (excludes halogenated alkanes) is 1. The summed E-state index contributed by atoms with van der Waals surface area (Å²) < 4.78 is 25.9. The average molecular weight is 250 g/mol. The topological polar surface area (TPSA) is 63.4 Å². The first-order chi connectivity index (χ1) is 7.37. The highest BCUT2D eigenvalue weighted by molar-refractivity contribution is 7.89. The van der Waals surface area contributed by atoms with Crippen LogP contribution in [0.5, 0.6) is 0 Å². The van der Waals surface area contributed by atoms with Crippen LogP contribution in [0.2, 0.25) is 0 Å². The lowest BCUT2D eigenvalue weighted by Gasteiger charge is -2.38. The average Bonchev–Trinajstić information content (AvgIpc) is 2.26. The first kappa shape index (κ1) is 15.9. The Bertz CT molecular complexity index is 284. The van der Waals surface area contributed by atoms with Crippen molar-refractivity contribution in [2.24, 2.45) is 5.73 Å². The second-order valence-corrected chi connectivity index (χ2v) is 6.40. The molecule has 0 rings (SSSR count). The number of hydrogen-bond acceptors (Lipinski definition) is 3. The Labute approximate surface area is 100 Å². The summed E-state index contributed by atoms with van der Waals surface area (Å²) in [4.78, 5) is 0. The maximum atomic E-state index is 12.2. The molecule has 2 N–H and O–H groups in total. The van der Waals surface area contributed by atoms with Gasteiger partial charge in [-0.2, -0.15) is 4.31 Å². The van der Waals surface area contributed by atoms with Crippen LogP contribution in [0.4, 0.5) is 0 Å². The van der Waals surface area contributed by atoms with E-state index < -0.39 is 15.6 Å². The highest BCUT2D eigenvalue weighted by atomic mass is 32.2. The van der Waals surface area contributed by atoms with Crippen molar-refractivity contribution in [3.05, 3.63) is 0 Å². The lowest BCUT2D eigenvalue weighted by Crippen LogP contribution is -2.54. The van der Waals surface area contributed by atoms with Gasteiger partial charge in [0.2, 0.25) is 10.0 Å². The van der Waals surface area contributed by atoms with Crippen molar-refractivity contribution in [3.63, 3.8) is 0 Å². The molecule has 0 heterocycles. The van der Waals surface area contributed by atoms with Crippen LogP contribution in [0, 0.1) is 0 Å². The molecule has 0 amide bonds. The fraction of sp³-hybridized carbons (Fsp3) is 1.00. The van der Waals surface area contributed by atoms with Gasteiger partial charge in [0.25, 0.3) is 0 Å². The van der Waals surface area contributed by atoms with Gasteiger partial charge in [-0.3, -0.25) is 0 Å². The summed E-state index contributed by atoms with van der Waals surface area (Å²) in [5, 5.41) is 0. The minimum absolute atomic E-state index is 0.229. The first-order valence-electron chi connectivity index (χ1n) is 6.08. The predicted molar refractivity (Wildman–Crippen MR) is 68.8 cm³/mol. The van der Waals surface area contributed by atoms with E-state index in [2.05, 4.69) is 0 Å². The Morgan fingerprint density at radius 3 is 2.12 bits per heavy atom. The molecule has 0 aliphatic carbocycles. The van der Waals surface area contributed by atoms with Crippen LogP contribution >= 0.6 is 0 Å². The molecule has 0 spiro atoms. The molecule has 0 aromatic carbocycles. The molecule has 1 atom stereocenters. The van der Waals surface area contributed by atoms with Crippen LogP contribution < -0.4 is 5.73 Å². The third kappa shape index (κ3) is 3.71. The summed E-state index contributed by atoms with van der Waals surface area (Å²) >= 11 is 0. The van der Waals surface area contributed by atoms with E-state index in [1.54, 1.807) is 4.31 Å². The van der Waals surface area contributed by atoms with Crippen molar-refractivity contribution in [2.45, 2.75) is 52.5 Å². The van der Waals surface area contributed by atoms with Crippen molar-refractivity contribution in [3.8, 4) is 0 Å². The Balaban J connectivity index is 4.97. The van der Waals surface area contributed by atoms with Gasteiger partial charge < -0.3 is 5.73 Å². The van der Waals surface area contributed by atoms with Crippen LogP contribution in [0.1, 0.15) is 47.0 Å². The maximum absolute atomic E-state index is 12.2. The number of sulfonamides is 1. The van der Waals surface area contributed by atoms with E-state index in [0.29, 0.717) is 19.5 Å². The third-order valence-corrected chi connectivity index (χ3v) is 5.36. The normalized spacial score (nSPS) is 16.4. The van der Waals surface area contributed by atoms with Gasteiger partial charge in [-0.25, -0.2) is 8.42 Å². The fourth-order valence-electron chi connectivity index (χ4n) is 1.77. The number of rotatable bonds is 8. The van der Waals surface area contributed by atoms with Crippen molar-refractivity contribution < 1.29 is 8.42 Å². The molecule has 0 aromatic rings. The molecule has 1 unspecified atom stereocenters. The molecule has 5 heteroatoms. The number of hydrogen-bond donors (Lipinski definition) is 1. The van der Waals surface area contributed by atoms with Gasteiger partial charge in [0.1, 0.15) is 0 Å². The van der Waals surface area contributed by atoms with Crippen LogP contribution in [0.3, 0.4) is 0 Å². The molecule has 0 bridgehead atoms. The van der Waals surface area contributed by atoms with E-state index in [-0.39, 0.29) is 5.75 Å². The number of likely N-dealkylation sites (N-methyl/N-ethyl adjacent to an activating group) is 1. The molecule has 0 fully saturated rings. The van der Waals surface area contributed by atoms with Gasteiger partial charge in [0, 0.05) is 18.6 Å². The largest absolute Gasteiger partial charge is 0.329 e. The Hall–Kier alpha value is -0.130. The van der Waals surface area contributed by atoms with Crippen LogP contribution in [0.25, 0.3) is 0 Å². The summed E-state index contributed by atoms with van der Waals surface area (Å²) in [6, 6.07) is 0. The summed E-state index contributed by atoms with van der Waals surface area (Å²) in [7, 11) is -3.16. The Morgan fingerprint density at radius 2 is 1.81 bits per heavy atom. The van der Waals surface area contributed by atoms with E-state index in [1.807, 2.05) is 27.7 Å².